The quantitative estimate of drug-likeness (QED) is 0.540. The molecule has 1 N–H and O–H groups in total. The van der Waals surface area contributed by atoms with Gasteiger partial charge >= 0.3 is 0 Å². The van der Waals surface area contributed by atoms with Gasteiger partial charge in [-0.05, 0) is 6.42 Å². The van der Waals surface area contributed by atoms with E-state index < -0.39 is 5.91 Å². The molecular formula is C5H10FNO. The maximum absolute atomic E-state index is 11.2. The summed E-state index contributed by atoms with van der Waals surface area (Å²) in [6, 6.07) is 0. The van der Waals surface area contributed by atoms with Gasteiger partial charge in [0.15, 0.2) is 0 Å². The molecule has 0 aliphatic rings. The van der Waals surface area contributed by atoms with Crippen molar-refractivity contribution in [3.8, 4) is 0 Å². The highest BCUT2D eigenvalue weighted by Crippen LogP contribution is 1.98. The lowest BCUT2D eigenvalue weighted by Gasteiger charge is -2.00. The number of carbonyl (C=O) groups is 1. The SMILES string of the molecule is CC[C@H](C)C(=O)NF. The van der Waals surface area contributed by atoms with E-state index in [0.29, 0.717) is 6.42 Å². The first-order chi connectivity index (χ1) is 3.72. The number of amides is 1. The lowest BCUT2D eigenvalue weighted by molar-refractivity contribution is -0.128. The molecule has 0 aromatic rings. The molecule has 0 unspecified atom stereocenters. The van der Waals surface area contributed by atoms with Crippen LogP contribution in [0.3, 0.4) is 0 Å². The van der Waals surface area contributed by atoms with Gasteiger partial charge in [-0.2, -0.15) is 5.54 Å². The average Bonchev–Trinajstić information content (AvgIpc) is 1.84. The Bertz CT molecular complexity index is 84.5. The Kier molecular flexibility index (Phi) is 3.15. The zero-order valence-electron chi connectivity index (χ0n) is 5.07. The topological polar surface area (TPSA) is 29.1 Å². The Morgan fingerprint density at radius 2 is 2.38 bits per heavy atom. The summed E-state index contributed by atoms with van der Waals surface area (Å²) in [5.74, 6) is -0.743. The summed E-state index contributed by atoms with van der Waals surface area (Å²) in [7, 11) is 0. The van der Waals surface area contributed by atoms with E-state index in [4.69, 9.17) is 0 Å². The van der Waals surface area contributed by atoms with E-state index in [1.807, 2.05) is 6.92 Å². The van der Waals surface area contributed by atoms with E-state index in [9.17, 15) is 9.28 Å². The second-order valence-corrected chi connectivity index (χ2v) is 1.77. The van der Waals surface area contributed by atoms with Crippen LogP contribution in [0.25, 0.3) is 0 Å². The van der Waals surface area contributed by atoms with Crippen molar-refractivity contribution in [2.24, 2.45) is 5.92 Å². The molecule has 0 aliphatic heterocycles. The van der Waals surface area contributed by atoms with E-state index in [0.717, 1.165) is 5.54 Å². The van der Waals surface area contributed by atoms with Crippen molar-refractivity contribution in [2.75, 3.05) is 0 Å². The number of nitrogens with one attached hydrogen (secondary N) is 1. The van der Waals surface area contributed by atoms with Crippen molar-refractivity contribution in [1.29, 1.82) is 0 Å². The third-order valence-electron chi connectivity index (χ3n) is 1.15. The number of hydrogen-bond acceptors (Lipinski definition) is 1. The van der Waals surface area contributed by atoms with Crippen LogP contribution in [0, 0.1) is 5.92 Å². The van der Waals surface area contributed by atoms with Crippen molar-refractivity contribution < 1.29 is 9.28 Å². The summed E-state index contributed by atoms with van der Waals surface area (Å²) in [6.45, 7) is 3.51. The third-order valence-corrected chi connectivity index (χ3v) is 1.15. The average molecular weight is 119 g/mol. The first-order valence-corrected chi connectivity index (χ1v) is 2.62. The first kappa shape index (κ1) is 7.40. The smallest absolute Gasteiger partial charge is 0.250 e. The van der Waals surface area contributed by atoms with Crippen LogP contribution in [0.2, 0.25) is 0 Å². The molecule has 0 aliphatic carbocycles. The monoisotopic (exact) mass is 119 g/mol. The van der Waals surface area contributed by atoms with Gasteiger partial charge in [0.1, 0.15) is 0 Å². The summed E-state index contributed by atoms with van der Waals surface area (Å²) >= 11 is 0. The predicted molar refractivity (Wildman–Crippen MR) is 28.7 cm³/mol. The van der Waals surface area contributed by atoms with Crippen molar-refractivity contribution in [3.63, 3.8) is 0 Å². The Hall–Kier alpha value is -0.600. The Balaban J connectivity index is 3.46. The normalized spacial score (nSPS) is 12.9. The zero-order chi connectivity index (χ0) is 6.57. The molecule has 0 spiro atoms. The van der Waals surface area contributed by atoms with E-state index in [1.165, 1.54) is 0 Å². The highest BCUT2D eigenvalue weighted by Gasteiger charge is 2.07. The number of halogens is 1. The van der Waals surface area contributed by atoms with Crippen LogP contribution < -0.4 is 5.54 Å². The fourth-order valence-corrected chi connectivity index (χ4v) is 0.279. The van der Waals surface area contributed by atoms with Crippen molar-refractivity contribution in [2.45, 2.75) is 20.3 Å². The molecule has 0 rings (SSSR count). The molecular weight excluding hydrogens is 109 g/mol. The molecule has 1 atom stereocenters. The maximum Gasteiger partial charge on any atom is 0.250 e. The molecule has 0 heterocycles. The molecule has 48 valence electrons. The highest BCUT2D eigenvalue weighted by molar-refractivity contribution is 5.76. The second kappa shape index (κ2) is 3.41. The van der Waals surface area contributed by atoms with Gasteiger partial charge in [0.05, 0.1) is 0 Å². The van der Waals surface area contributed by atoms with Crippen LogP contribution in [-0.4, -0.2) is 5.91 Å². The van der Waals surface area contributed by atoms with Gasteiger partial charge in [-0.25, -0.2) is 0 Å². The minimum Gasteiger partial charge on any atom is -0.272 e. The summed E-state index contributed by atoms with van der Waals surface area (Å²) in [5.41, 5.74) is 1.08. The maximum atomic E-state index is 11.2. The minimum absolute atomic E-state index is 0.208. The predicted octanol–water partition coefficient (Wildman–Crippen LogP) is 1.03. The fraction of sp³-hybridized carbons (Fsp3) is 0.800. The lowest BCUT2D eigenvalue weighted by Crippen LogP contribution is -2.21. The summed E-state index contributed by atoms with van der Waals surface area (Å²) in [4.78, 5) is 10.3. The molecule has 0 radical (unpaired) electrons. The van der Waals surface area contributed by atoms with Gasteiger partial charge in [0.2, 0.25) is 5.91 Å². The standard InChI is InChI=1S/C5H10FNO/c1-3-4(2)5(8)7-6/h4H,3H2,1-2H3,(H,7,8)/t4-/m0/s1. The Labute approximate surface area is 48.0 Å². The highest BCUT2D eigenvalue weighted by atomic mass is 19.2. The van der Waals surface area contributed by atoms with E-state index in [1.54, 1.807) is 6.92 Å². The van der Waals surface area contributed by atoms with Crippen LogP contribution in [0.1, 0.15) is 20.3 Å². The molecule has 0 aromatic heterocycles. The van der Waals surface area contributed by atoms with E-state index >= 15 is 0 Å². The number of rotatable bonds is 2. The Morgan fingerprint density at radius 3 is 2.50 bits per heavy atom. The second-order valence-electron chi connectivity index (χ2n) is 1.77. The van der Waals surface area contributed by atoms with Crippen LogP contribution in [0.4, 0.5) is 4.48 Å². The fourth-order valence-electron chi connectivity index (χ4n) is 0.279. The molecule has 0 fully saturated rings. The van der Waals surface area contributed by atoms with Crippen LogP contribution in [0.5, 0.6) is 0 Å². The third kappa shape index (κ3) is 1.91. The molecule has 0 bridgehead atoms. The van der Waals surface area contributed by atoms with Gasteiger partial charge in [0.25, 0.3) is 0 Å². The summed E-state index contributed by atoms with van der Waals surface area (Å²) in [6.07, 6.45) is 0.676. The summed E-state index contributed by atoms with van der Waals surface area (Å²) < 4.78 is 11.2. The molecule has 8 heavy (non-hydrogen) atoms. The van der Waals surface area contributed by atoms with Gasteiger partial charge < -0.3 is 0 Å². The van der Waals surface area contributed by atoms with Gasteiger partial charge in [-0.3, -0.25) is 4.79 Å². The van der Waals surface area contributed by atoms with Gasteiger partial charge in [-0.15, -0.1) is 4.48 Å². The molecule has 0 aromatic carbocycles. The van der Waals surface area contributed by atoms with Crippen molar-refractivity contribution in [1.82, 2.24) is 5.54 Å². The number of carbonyl (C=O) groups excluding carboxylic acids is 1. The molecule has 0 saturated carbocycles. The summed E-state index contributed by atoms with van der Waals surface area (Å²) in [5, 5.41) is 0. The molecule has 0 saturated heterocycles. The minimum atomic E-state index is -0.535. The van der Waals surface area contributed by atoms with E-state index in [2.05, 4.69) is 0 Å². The zero-order valence-corrected chi connectivity index (χ0v) is 5.07. The van der Waals surface area contributed by atoms with E-state index in [-0.39, 0.29) is 5.92 Å². The van der Waals surface area contributed by atoms with Crippen LogP contribution in [-0.2, 0) is 4.79 Å². The van der Waals surface area contributed by atoms with Crippen molar-refractivity contribution in [3.05, 3.63) is 0 Å². The Morgan fingerprint density at radius 1 is 1.88 bits per heavy atom. The number of hydrogen-bond donors (Lipinski definition) is 1. The molecule has 1 amide bonds. The van der Waals surface area contributed by atoms with Gasteiger partial charge in [0, 0.05) is 5.92 Å². The van der Waals surface area contributed by atoms with Crippen molar-refractivity contribution >= 4 is 5.91 Å². The lowest BCUT2D eigenvalue weighted by atomic mass is 10.1. The molecule has 3 heteroatoms. The van der Waals surface area contributed by atoms with Gasteiger partial charge in [-0.1, -0.05) is 13.8 Å². The largest absolute Gasteiger partial charge is 0.272 e. The van der Waals surface area contributed by atoms with Crippen LogP contribution >= 0.6 is 0 Å². The molecule has 2 nitrogen and oxygen atoms in total. The van der Waals surface area contributed by atoms with Crippen LogP contribution in [0.15, 0.2) is 0 Å². The first-order valence-electron chi connectivity index (χ1n) is 2.62.